The number of ether oxygens (including phenoxy) is 1. The van der Waals surface area contributed by atoms with Gasteiger partial charge in [0.1, 0.15) is 0 Å². The van der Waals surface area contributed by atoms with Gasteiger partial charge in [-0.1, -0.05) is 0 Å². The van der Waals surface area contributed by atoms with E-state index in [9.17, 15) is 19.8 Å². The van der Waals surface area contributed by atoms with E-state index >= 15 is 0 Å². The summed E-state index contributed by atoms with van der Waals surface area (Å²) in [6.45, 7) is 4.24. The SMILES string of the molecule is CCN(C(=O)O)c1cnc(N2CCCC3(CCN([C@H]4CC[C@H](O)CC4)C3=O)C2)c(OC)c1. The predicted octanol–water partition coefficient (Wildman–Crippen LogP) is 2.72. The highest BCUT2D eigenvalue weighted by Gasteiger charge is 2.51. The van der Waals surface area contributed by atoms with Crippen LogP contribution in [0.4, 0.5) is 16.3 Å². The first-order valence-electron chi connectivity index (χ1n) is 11.7. The van der Waals surface area contributed by atoms with Crippen molar-refractivity contribution in [1.29, 1.82) is 0 Å². The van der Waals surface area contributed by atoms with E-state index in [4.69, 9.17) is 4.74 Å². The minimum absolute atomic E-state index is 0.227. The molecule has 1 unspecified atom stereocenters. The molecule has 9 nitrogen and oxygen atoms in total. The molecule has 4 rings (SSSR count). The monoisotopic (exact) mass is 446 g/mol. The summed E-state index contributed by atoms with van der Waals surface area (Å²) in [6, 6.07) is 1.95. The van der Waals surface area contributed by atoms with E-state index in [1.807, 2.05) is 0 Å². The first-order valence-corrected chi connectivity index (χ1v) is 11.7. The van der Waals surface area contributed by atoms with E-state index in [1.165, 1.54) is 4.90 Å². The number of anilines is 2. The number of aliphatic hydroxyl groups excluding tert-OH is 1. The lowest BCUT2D eigenvalue weighted by Gasteiger charge is -2.41. The number of pyridine rings is 1. The zero-order valence-corrected chi connectivity index (χ0v) is 19.0. The maximum absolute atomic E-state index is 13.6. The lowest BCUT2D eigenvalue weighted by Crippen LogP contribution is -2.50. The summed E-state index contributed by atoms with van der Waals surface area (Å²) in [6.07, 6.45) is 6.20. The molecule has 2 amide bonds. The van der Waals surface area contributed by atoms with Crippen LogP contribution in [0.3, 0.4) is 0 Å². The molecule has 3 heterocycles. The highest BCUT2D eigenvalue weighted by Crippen LogP contribution is 2.44. The summed E-state index contributed by atoms with van der Waals surface area (Å²) in [5, 5.41) is 19.2. The molecule has 176 valence electrons. The summed E-state index contributed by atoms with van der Waals surface area (Å²) < 4.78 is 5.58. The standard InChI is InChI=1S/C23H34N4O5/c1-3-26(22(30)31)17-13-19(32-2)20(24-14-17)25-11-4-9-23(15-25)10-12-27(21(23)29)16-5-7-18(28)8-6-16/h13-14,16,18,28H,3-12,15H2,1-2H3,(H,30,31)/t16-,18-,23?. The minimum atomic E-state index is -1.03. The van der Waals surface area contributed by atoms with Gasteiger partial charge in [-0.25, -0.2) is 9.78 Å². The quantitative estimate of drug-likeness (QED) is 0.716. The molecule has 0 bridgehead atoms. The molecule has 1 saturated carbocycles. The number of rotatable bonds is 5. The Bertz CT molecular complexity index is 857. The fraction of sp³-hybridized carbons (Fsp3) is 0.696. The van der Waals surface area contributed by atoms with Crippen molar-refractivity contribution in [3.8, 4) is 5.75 Å². The third-order valence-corrected chi connectivity index (χ3v) is 7.43. The van der Waals surface area contributed by atoms with Crippen LogP contribution in [0.2, 0.25) is 0 Å². The van der Waals surface area contributed by atoms with E-state index in [0.717, 1.165) is 58.0 Å². The molecule has 0 radical (unpaired) electrons. The van der Waals surface area contributed by atoms with E-state index in [2.05, 4.69) is 14.8 Å². The Kier molecular flexibility index (Phi) is 6.46. The first kappa shape index (κ1) is 22.6. The molecular formula is C23H34N4O5. The number of likely N-dealkylation sites (tertiary alicyclic amines) is 1. The Hall–Kier alpha value is -2.55. The van der Waals surface area contributed by atoms with Crippen LogP contribution in [0, 0.1) is 5.41 Å². The van der Waals surface area contributed by atoms with Crippen LogP contribution < -0.4 is 14.5 Å². The lowest BCUT2D eigenvalue weighted by atomic mass is 9.78. The van der Waals surface area contributed by atoms with Gasteiger partial charge < -0.3 is 24.7 Å². The van der Waals surface area contributed by atoms with E-state index in [1.54, 1.807) is 26.3 Å². The number of aliphatic hydroxyl groups is 1. The maximum atomic E-state index is 13.6. The second-order valence-electron chi connectivity index (χ2n) is 9.26. The van der Waals surface area contributed by atoms with Gasteiger partial charge in [0.25, 0.3) is 0 Å². The van der Waals surface area contributed by atoms with E-state index in [0.29, 0.717) is 30.3 Å². The summed E-state index contributed by atoms with van der Waals surface area (Å²) in [7, 11) is 1.56. The average Bonchev–Trinajstić information content (AvgIpc) is 3.09. The van der Waals surface area contributed by atoms with Gasteiger partial charge in [0.2, 0.25) is 5.91 Å². The third kappa shape index (κ3) is 4.10. The predicted molar refractivity (Wildman–Crippen MR) is 120 cm³/mol. The van der Waals surface area contributed by atoms with Crippen molar-refractivity contribution in [2.45, 2.75) is 64.0 Å². The second-order valence-corrected chi connectivity index (χ2v) is 9.26. The second kappa shape index (κ2) is 9.13. The van der Waals surface area contributed by atoms with E-state index in [-0.39, 0.29) is 18.1 Å². The molecule has 1 aromatic rings. The zero-order chi connectivity index (χ0) is 22.9. The number of carboxylic acid groups (broad SMARTS) is 1. The Balaban J connectivity index is 1.53. The largest absolute Gasteiger partial charge is 0.493 e. The number of piperidine rings is 1. The van der Waals surface area contributed by atoms with Crippen molar-refractivity contribution in [2.75, 3.05) is 43.1 Å². The molecule has 32 heavy (non-hydrogen) atoms. The molecule has 1 spiro atoms. The molecule has 2 N–H and O–H groups in total. The smallest absolute Gasteiger partial charge is 0.411 e. The number of carbonyl (C=O) groups is 2. The molecule has 0 aromatic carbocycles. The summed E-state index contributed by atoms with van der Waals surface area (Å²) >= 11 is 0. The van der Waals surface area contributed by atoms with Crippen molar-refractivity contribution in [3.05, 3.63) is 12.3 Å². The Morgan fingerprint density at radius 2 is 2.03 bits per heavy atom. The van der Waals surface area contributed by atoms with Crippen molar-refractivity contribution in [1.82, 2.24) is 9.88 Å². The minimum Gasteiger partial charge on any atom is -0.493 e. The number of amides is 2. The Morgan fingerprint density at radius 3 is 2.69 bits per heavy atom. The summed E-state index contributed by atoms with van der Waals surface area (Å²) in [4.78, 5) is 35.0. The van der Waals surface area contributed by atoms with Gasteiger partial charge >= 0.3 is 6.09 Å². The van der Waals surface area contributed by atoms with Gasteiger partial charge in [-0.2, -0.15) is 0 Å². The summed E-state index contributed by atoms with van der Waals surface area (Å²) in [5.74, 6) is 1.41. The van der Waals surface area contributed by atoms with Crippen LogP contribution in [0.15, 0.2) is 12.3 Å². The fourth-order valence-corrected chi connectivity index (χ4v) is 5.65. The van der Waals surface area contributed by atoms with Gasteiger partial charge in [0.15, 0.2) is 11.6 Å². The normalized spacial score (nSPS) is 28.3. The molecule has 1 atom stereocenters. The molecule has 3 aliphatic rings. The highest BCUT2D eigenvalue weighted by molar-refractivity contribution is 5.87. The van der Waals surface area contributed by atoms with Gasteiger partial charge in [-0.05, 0) is 51.9 Å². The first-order chi connectivity index (χ1) is 15.4. The molecule has 1 aromatic heterocycles. The Morgan fingerprint density at radius 1 is 1.28 bits per heavy atom. The molecule has 9 heteroatoms. The van der Waals surface area contributed by atoms with Gasteiger partial charge in [0, 0.05) is 38.3 Å². The van der Waals surface area contributed by atoms with Crippen molar-refractivity contribution < 1.29 is 24.5 Å². The van der Waals surface area contributed by atoms with Crippen LogP contribution in [0.1, 0.15) is 51.9 Å². The number of carbonyl (C=O) groups excluding carboxylic acids is 1. The van der Waals surface area contributed by atoms with Crippen LogP contribution in [0.25, 0.3) is 0 Å². The lowest BCUT2D eigenvalue weighted by molar-refractivity contribution is -0.139. The highest BCUT2D eigenvalue weighted by atomic mass is 16.5. The number of methoxy groups -OCH3 is 1. The van der Waals surface area contributed by atoms with Crippen LogP contribution in [-0.2, 0) is 4.79 Å². The fourth-order valence-electron chi connectivity index (χ4n) is 5.65. The molecular weight excluding hydrogens is 412 g/mol. The van der Waals surface area contributed by atoms with Crippen LogP contribution in [0.5, 0.6) is 5.75 Å². The maximum Gasteiger partial charge on any atom is 0.411 e. The topological polar surface area (TPSA) is 106 Å². The van der Waals surface area contributed by atoms with Crippen molar-refractivity contribution >= 4 is 23.5 Å². The molecule has 2 aliphatic heterocycles. The number of hydrogen-bond acceptors (Lipinski definition) is 6. The number of hydrogen-bond donors (Lipinski definition) is 2. The average molecular weight is 447 g/mol. The van der Waals surface area contributed by atoms with Crippen molar-refractivity contribution in [3.63, 3.8) is 0 Å². The van der Waals surface area contributed by atoms with Gasteiger partial charge in [0.05, 0.1) is 30.5 Å². The summed E-state index contributed by atoms with van der Waals surface area (Å²) in [5.41, 5.74) is 0.0610. The molecule has 3 fully saturated rings. The number of aromatic nitrogens is 1. The van der Waals surface area contributed by atoms with E-state index < -0.39 is 11.5 Å². The van der Waals surface area contributed by atoms with Gasteiger partial charge in [-0.3, -0.25) is 9.69 Å². The Labute approximate surface area is 189 Å². The molecule has 1 aliphatic carbocycles. The van der Waals surface area contributed by atoms with Gasteiger partial charge in [-0.15, -0.1) is 0 Å². The number of nitrogens with zero attached hydrogens (tertiary/aromatic N) is 4. The molecule has 2 saturated heterocycles. The van der Waals surface area contributed by atoms with Crippen molar-refractivity contribution in [2.24, 2.45) is 5.41 Å². The zero-order valence-electron chi connectivity index (χ0n) is 19.0. The van der Waals surface area contributed by atoms with Crippen LogP contribution >= 0.6 is 0 Å². The van der Waals surface area contributed by atoms with Crippen LogP contribution in [-0.4, -0.2) is 77.5 Å². The third-order valence-electron chi connectivity index (χ3n) is 7.43.